The van der Waals surface area contributed by atoms with Crippen LogP contribution in [0, 0.1) is 24.0 Å². The summed E-state index contributed by atoms with van der Waals surface area (Å²) in [5.74, 6) is -0.461. The van der Waals surface area contributed by atoms with Crippen LogP contribution in [0.1, 0.15) is 21.7 Å². The first-order valence-electron chi connectivity index (χ1n) is 7.34. The number of hydrogen-bond acceptors (Lipinski definition) is 7. The summed E-state index contributed by atoms with van der Waals surface area (Å²) in [6, 6.07) is 6.40. The fourth-order valence-corrected chi connectivity index (χ4v) is 2.28. The normalized spacial score (nSPS) is 10.4. The van der Waals surface area contributed by atoms with Crippen LogP contribution in [0.15, 0.2) is 24.3 Å². The highest BCUT2D eigenvalue weighted by Crippen LogP contribution is 2.21. The molecule has 0 aliphatic rings. The summed E-state index contributed by atoms with van der Waals surface area (Å²) in [6.45, 7) is 2.25. The second-order valence-corrected chi connectivity index (χ2v) is 5.25. The number of carbonyl (C=O) groups is 2. The Bertz CT molecular complexity index is 810. The summed E-state index contributed by atoms with van der Waals surface area (Å²) in [5, 5.41) is 14.9. The zero-order chi connectivity index (χ0) is 18.6. The number of benzene rings is 1. The van der Waals surface area contributed by atoms with E-state index in [9.17, 15) is 19.7 Å². The number of hydrogen-bond donors (Lipinski definition) is 0. The van der Waals surface area contributed by atoms with Gasteiger partial charge in [-0.25, -0.2) is 0 Å². The second kappa shape index (κ2) is 7.56. The summed E-state index contributed by atoms with van der Waals surface area (Å²) in [7, 11) is 1.52. The van der Waals surface area contributed by atoms with E-state index < -0.39 is 17.5 Å². The highest BCUT2D eigenvalue weighted by atomic mass is 16.6. The lowest BCUT2D eigenvalue weighted by Gasteiger charge is -2.06. The highest BCUT2D eigenvalue weighted by molar-refractivity contribution is 5.98. The molecule has 9 heteroatoms. The van der Waals surface area contributed by atoms with E-state index in [1.165, 1.54) is 25.6 Å². The topological polar surface area (TPSA) is 114 Å². The summed E-state index contributed by atoms with van der Waals surface area (Å²) < 4.78 is 11.1. The molecule has 0 spiro atoms. The van der Waals surface area contributed by atoms with Crippen LogP contribution >= 0.6 is 0 Å². The maximum absolute atomic E-state index is 12.0. The molecule has 1 aromatic carbocycles. The predicted octanol–water partition coefficient (Wildman–Crippen LogP) is 1.84. The van der Waals surface area contributed by atoms with Gasteiger partial charge < -0.3 is 9.47 Å². The van der Waals surface area contributed by atoms with Crippen molar-refractivity contribution in [3.05, 3.63) is 51.3 Å². The minimum atomic E-state index is -0.706. The average Bonchev–Trinajstić information content (AvgIpc) is 2.86. The van der Waals surface area contributed by atoms with Gasteiger partial charge >= 0.3 is 11.7 Å². The number of nitrogens with zero attached hydrogens (tertiary/aromatic N) is 3. The number of aromatic nitrogens is 2. The van der Waals surface area contributed by atoms with Gasteiger partial charge in [0.15, 0.2) is 12.4 Å². The fourth-order valence-electron chi connectivity index (χ4n) is 2.28. The van der Waals surface area contributed by atoms with Gasteiger partial charge in [0, 0.05) is 5.56 Å². The molecule has 25 heavy (non-hydrogen) atoms. The maximum Gasteiger partial charge on any atom is 0.328 e. The fraction of sp³-hybridized carbons (Fsp3) is 0.312. The molecule has 0 bridgehead atoms. The Labute approximate surface area is 143 Å². The van der Waals surface area contributed by atoms with Crippen LogP contribution < -0.4 is 4.74 Å². The van der Waals surface area contributed by atoms with Crippen molar-refractivity contribution < 1.29 is 24.0 Å². The van der Waals surface area contributed by atoms with Crippen LogP contribution in [0.25, 0.3) is 0 Å². The van der Waals surface area contributed by atoms with E-state index in [1.54, 1.807) is 24.3 Å². The summed E-state index contributed by atoms with van der Waals surface area (Å²) in [5.41, 5.74) is 0.711. The Morgan fingerprint density at radius 2 is 1.88 bits per heavy atom. The zero-order valence-electron chi connectivity index (χ0n) is 14.0. The van der Waals surface area contributed by atoms with Crippen LogP contribution in [0.2, 0.25) is 0 Å². The minimum Gasteiger partial charge on any atom is -0.497 e. The molecule has 1 heterocycles. The van der Waals surface area contributed by atoms with Gasteiger partial charge in [0.2, 0.25) is 0 Å². The highest BCUT2D eigenvalue weighted by Gasteiger charge is 2.23. The molecule has 0 saturated carbocycles. The van der Waals surface area contributed by atoms with Crippen molar-refractivity contribution in [2.24, 2.45) is 0 Å². The van der Waals surface area contributed by atoms with Crippen LogP contribution in [0.4, 0.5) is 5.69 Å². The van der Waals surface area contributed by atoms with Gasteiger partial charge in [-0.3, -0.25) is 24.4 Å². The van der Waals surface area contributed by atoms with Crippen molar-refractivity contribution in [2.75, 3.05) is 13.7 Å². The average molecular weight is 347 g/mol. The van der Waals surface area contributed by atoms with Crippen molar-refractivity contribution >= 4 is 17.4 Å². The maximum atomic E-state index is 12.0. The monoisotopic (exact) mass is 347 g/mol. The Hall–Kier alpha value is -3.23. The van der Waals surface area contributed by atoms with Gasteiger partial charge in [-0.05, 0) is 38.1 Å². The minimum absolute atomic E-state index is 0.137. The Balaban J connectivity index is 1.95. The number of ether oxygens (including phenoxy) is 2. The van der Waals surface area contributed by atoms with E-state index in [1.807, 2.05) is 0 Å². The van der Waals surface area contributed by atoms with E-state index >= 15 is 0 Å². The molecule has 0 radical (unpaired) electrons. The lowest BCUT2D eigenvalue weighted by Crippen LogP contribution is -2.19. The lowest BCUT2D eigenvalue weighted by atomic mass is 10.1. The number of Topliss-reactive ketones (excluding diaryl/α,β-unsaturated/α-hetero) is 1. The molecule has 9 nitrogen and oxygen atoms in total. The largest absolute Gasteiger partial charge is 0.497 e. The number of ketones is 1. The van der Waals surface area contributed by atoms with Gasteiger partial charge in [-0.2, -0.15) is 5.10 Å². The third-order valence-corrected chi connectivity index (χ3v) is 3.58. The number of esters is 1. The van der Waals surface area contributed by atoms with E-state index in [2.05, 4.69) is 5.10 Å². The molecule has 0 aliphatic carbocycles. The molecule has 2 rings (SSSR count). The Morgan fingerprint density at radius 1 is 1.24 bits per heavy atom. The second-order valence-electron chi connectivity index (χ2n) is 5.25. The van der Waals surface area contributed by atoms with E-state index in [-0.39, 0.29) is 29.4 Å². The van der Waals surface area contributed by atoms with Gasteiger partial charge in [-0.15, -0.1) is 0 Å². The summed E-state index contributed by atoms with van der Waals surface area (Å²) in [4.78, 5) is 34.2. The van der Waals surface area contributed by atoms with Gasteiger partial charge in [0.05, 0.1) is 12.0 Å². The number of carbonyl (C=O) groups excluding carboxylic acids is 2. The van der Waals surface area contributed by atoms with Gasteiger partial charge in [0.25, 0.3) is 0 Å². The summed E-state index contributed by atoms with van der Waals surface area (Å²) in [6.07, 6.45) is 0. The number of nitro groups is 1. The lowest BCUT2D eigenvalue weighted by molar-refractivity contribution is -0.386. The van der Waals surface area contributed by atoms with Crippen molar-refractivity contribution in [1.82, 2.24) is 9.78 Å². The molecule has 1 aromatic heterocycles. The molecule has 0 saturated heterocycles. The molecule has 0 fully saturated rings. The van der Waals surface area contributed by atoms with Crippen molar-refractivity contribution in [3.63, 3.8) is 0 Å². The predicted molar refractivity (Wildman–Crippen MR) is 86.6 cm³/mol. The third-order valence-electron chi connectivity index (χ3n) is 3.58. The molecule has 2 aromatic rings. The van der Waals surface area contributed by atoms with Crippen molar-refractivity contribution in [1.29, 1.82) is 0 Å². The van der Waals surface area contributed by atoms with Crippen LogP contribution in [-0.2, 0) is 16.1 Å². The molecule has 0 N–H and O–H groups in total. The smallest absolute Gasteiger partial charge is 0.328 e. The van der Waals surface area contributed by atoms with E-state index in [4.69, 9.17) is 9.47 Å². The van der Waals surface area contributed by atoms with Crippen molar-refractivity contribution in [2.45, 2.75) is 20.4 Å². The Kier molecular flexibility index (Phi) is 5.48. The molecule has 0 aliphatic heterocycles. The van der Waals surface area contributed by atoms with E-state index in [0.29, 0.717) is 11.3 Å². The zero-order valence-corrected chi connectivity index (χ0v) is 14.0. The molecule has 0 atom stereocenters. The van der Waals surface area contributed by atoms with Crippen molar-refractivity contribution in [3.8, 4) is 5.75 Å². The quantitative estimate of drug-likeness (QED) is 0.325. The van der Waals surface area contributed by atoms with Crippen LogP contribution in [0.5, 0.6) is 5.75 Å². The molecule has 132 valence electrons. The first-order valence-corrected chi connectivity index (χ1v) is 7.34. The standard InChI is InChI=1S/C16H17N3O6/c1-10-16(19(22)23)11(2)18(17-10)8-15(21)25-9-14(20)12-4-6-13(24-3)7-5-12/h4-7H,8-9H2,1-3H3. The number of aryl methyl sites for hydroxylation is 1. The molecular formula is C16H17N3O6. The first kappa shape index (κ1) is 18.1. The Morgan fingerprint density at radius 3 is 2.40 bits per heavy atom. The van der Waals surface area contributed by atoms with Crippen LogP contribution in [0.3, 0.4) is 0 Å². The number of methoxy groups -OCH3 is 1. The van der Waals surface area contributed by atoms with E-state index in [0.717, 1.165) is 0 Å². The molecular weight excluding hydrogens is 330 g/mol. The SMILES string of the molecule is COc1ccc(C(=O)COC(=O)Cn2nc(C)c([N+](=O)[O-])c2C)cc1. The van der Waals surface area contributed by atoms with Crippen LogP contribution in [-0.4, -0.2) is 40.2 Å². The number of rotatable bonds is 7. The van der Waals surface area contributed by atoms with Gasteiger partial charge in [0.1, 0.15) is 23.7 Å². The summed E-state index contributed by atoms with van der Waals surface area (Å²) >= 11 is 0. The molecule has 0 amide bonds. The third kappa shape index (κ3) is 4.19. The molecule has 0 unspecified atom stereocenters. The van der Waals surface area contributed by atoms with Gasteiger partial charge in [-0.1, -0.05) is 0 Å². The first-order chi connectivity index (χ1) is 11.8.